The molecule has 2 rings (SSSR count). The van der Waals surface area contributed by atoms with E-state index in [2.05, 4.69) is 5.32 Å². The van der Waals surface area contributed by atoms with Gasteiger partial charge in [0.05, 0.1) is 13.7 Å². The number of benzene rings is 1. The number of ether oxygens (including phenoxy) is 1. The summed E-state index contributed by atoms with van der Waals surface area (Å²) in [7, 11) is 1.59. The quantitative estimate of drug-likeness (QED) is 0.781. The average Bonchev–Trinajstić information content (AvgIpc) is 2.45. The van der Waals surface area contributed by atoms with Crippen molar-refractivity contribution in [3.8, 4) is 5.75 Å². The number of carboxylic acids is 1. The van der Waals surface area contributed by atoms with Gasteiger partial charge in [0, 0.05) is 31.3 Å². The third-order valence-corrected chi connectivity index (χ3v) is 3.23. The summed E-state index contributed by atoms with van der Waals surface area (Å²) in [5.41, 5.74) is 1.72. The van der Waals surface area contributed by atoms with Crippen molar-refractivity contribution in [2.24, 2.45) is 0 Å². The fourth-order valence-electron chi connectivity index (χ4n) is 2.26. The minimum Gasteiger partial charge on any atom is -0.496 e. The van der Waals surface area contributed by atoms with Crippen molar-refractivity contribution in [3.63, 3.8) is 0 Å². The van der Waals surface area contributed by atoms with Gasteiger partial charge in [-0.05, 0) is 23.8 Å². The average molecular weight is 290 g/mol. The molecule has 0 saturated carbocycles. The zero-order valence-corrected chi connectivity index (χ0v) is 11.8. The number of hydrogen-bond donors (Lipinski definition) is 2. The van der Waals surface area contributed by atoms with Crippen LogP contribution in [0.4, 0.5) is 0 Å². The maximum absolute atomic E-state index is 11.4. The second-order valence-electron chi connectivity index (χ2n) is 4.80. The molecule has 1 aromatic carbocycles. The lowest BCUT2D eigenvalue weighted by molar-refractivity contribution is -0.131. The standard InChI is InChI=1S/C15H18N2O4/c1-21-13-4-2-11(3-5-15(19)20)8-12(13)9-17-7-6-16-14(18)10-17/h2-5,8H,6-7,9-10H2,1H3,(H,16,18)(H,19,20). The highest BCUT2D eigenvalue weighted by molar-refractivity contribution is 5.85. The molecule has 0 radical (unpaired) electrons. The number of rotatable bonds is 5. The summed E-state index contributed by atoms with van der Waals surface area (Å²) < 4.78 is 5.33. The van der Waals surface area contributed by atoms with Crippen molar-refractivity contribution in [3.05, 3.63) is 35.4 Å². The van der Waals surface area contributed by atoms with Crippen LogP contribution in [0, 0.1) is 0 Å². The summed E-state index contributed by atoms with van der Waals surface area (Å²) in [6, 6.07) is 5.48. The van der Waals surface area contributed by atoms with Gasteiger partial charge in [-0.1, -0.05) is 6.07 Å². The Labute approximate surface area is 123 Å². The molecule has 1 aliphatic rings. The zero-order chi connectivity index (χ0) is 15.2. The van der Waals surface area contributed by atoms with Crippen LogP contribution in [0.25, 0.3) is 6.08 Å². The number of hydrogen-bond acceptors (Lipinski definition) is 4. The van der Waals surface area contributed by atoms with Crippen molar-refractivity contribution in [2.75, 3.05) is 26.7 Å². The molecule has 1 heterocycles. The molecular weight excluding hydrogens is 272 g/mol. The Kier molecular flexibility index (Phi) is 4.94. The molecule has 1 amide bonds. The highest BCUT2D eigenvalue weighted by Gasteiger charge is 2.17. The molecule has 21 heavy (non-hydrogen) atoms. The van der Waals surface area contributed by atoms with E-state index in [0.717, 1.165) is 29.5 Å². The molecule has 2 N–H and O–H groups in total. The lowest BCUT2D eigenvalue weighted by atomic mass is 10.1. The molecule has 112 valence electrons. The van der Waals surface area contributed by atoms with Crippen LogP contribution in [-0.2, 0) is 16.1 Å². The van der Waals surface area contributed by atoms with Crippen molar-refractivity contribution in [1.29, 1.82) is 0 Å². The van der Waals surface area contributed by atoms with Crippen molar-refractivity contribution in [2.45, 2.75) is 6.54 Å². The van der Waals surface area contributed by atoms with Crippen molar-refractivity contribution >= 4 is 18.0 Å². The number of nitrogens with zero attached hydrogens (tertiary/aromatic N) is 1. The first-order valence-electron chi connectivity index (χ1n) is 6.65. The summed E-state index contributed by atoms with van der Waals surface area (Å²) in [4.78, 5) is 24.0. The first-order valence-corrected chi connectivity index (χ1v) is 6.65. The molecule has 0 bridgehead atoms. The molecule has 0 unspecified atom stereocenters. The maximum atomic E-state index is 11.4. The zero-order valence-electron chi connectivity index (χ0n) is 11.8. The fourth-order valence-corrected chi connectivity index (χ4v) is 2.26. The van der Waals surface area contributed by atoms with Crippen LogP contribution in [0.3, 0.4) is 0 Å². The van der Waals surface area contributed by atoms with E-state index in [0.29, 0.717) is 19.6 Å². The first-order chi connectivity index (χ1) is 10.1. The van der Waals surface area contributed by atoms with Gasteiger partial charge in [-0.25, -0.2) is 4.79 Å². The van der Waals surface area contributed by atoms with E-state index in [4.69, 9.17) is 9.84 Å². The lowest BCUT2D eigenvalue weighted by Crippen LogP contribution is -2.47. The molecule has 0 atom stereocenters. The molecule has 6 heteroatoms. The Morgan fingerprint density at radius 3 is 3.00 bits per heavy atom. The largest absolute Gasteiger partial charge is 0.496 e. The van der Waals surface area contributed by atoms with Crippen LogP contribution < -0.4 is 10.1 Å². The number of methoxy groups -OCH3 is 1. The highest BCUT2D eigenvalue weighted by atomic mass is 16.5. The van der Waals surface area contributed by atoms with Crippen LogP contribution in [0.1, 0.15) is 11.1 Å². The van der Waals surface area contributed by atoms with Gasteiger partial charge >= 0.3 is 5.97 Å². The van der Waals surface area contributed by atoms with Gasteiger partial charge in [0.15, 0.2) is 0 Å². The second-order valence-corrected chi connectivity index (χ2v) is 4.80. The third kappa shape index (κ3) is 4.32. The summed E-state index contributed by atoms with van der Waals surface area (Å²) in [6.45, 7) is 2.37. The minimum absolute atomic E-state index is 0.0159. The molecule has 0 aromatic heterocycles. The monoisotopic (exact) mass is 290 g/mol. The third-order valence-electron chi connectivity index (χ3n) is 3.23. The summed E-state index contributed by atoms with van der Waals surface area (Å²) in [6.07, 6.45) is 2.63. The Morgan fingerprint density at radius 1 is 1.52 bits per heavy atom. The molecule has 0 aliphatic carbocycles. The van der Waals surface area contributed by atoms with Gasteiger partial charge in [-0.3, -0.25) is 9.69 Å². The van der Waals surface area contributed by atoms with Gasteiger partial charge in [0.2, 0.25) is 5.91 Å². The number of aliphatic carboxylic acids is 1. The van der Waals surface area contributed by atoms with Gasteiger partial charge < -0.3 is 15.2 Å². The number of nitrogens with one attached hydrogen (secondary N) is 1. The van der Waals surface area contributed by atoms with E-state index < -0.39 is 5.97 Å². The van der Waals surface area contributed by atoms with E-state index in [1.165, 1.54) is 6.08 Å². The first kappa shape index (κ1) is 15.1. The van der Waals surface area contributed by atoms with Gasteiger partial charge in [-0.15, -0.1) is 0 Å². The van der Waals surface area contributed by atoms with E-state index >= 15 is 0 Å². The molecule has 1 aromatic rings. The molecular formula is C15H18N2O4. The van der Waals surface area contributed by atoms with Crippen molar-refractivity contribution in [1.82, 2.24) is 10.2 Å². The number of carboxylic acid groups (broad SMARTS) is 1. The van der Waals surface area contributed by atoms with Crippen LogP contribution in [0.15, 0.2) is 24.3 Å². The Morgan fingerprint density at radius 2 is 2.33 bits per heavy atom. The highest BCUT2D eigenvalue weighted by Crippen LogP contribution is 2.22. The van der Waals surface area contributed by atoms with E-state index in [1.807, 2.05) is 11.0 Å². The Balaban J connectivity index is 2.17. The number of carbonyl (C=O) groups excluding carboxylic acids is 1. The van der Waals surface area contributed by atoms with Crippen LogP contribution in [-0.4, -0.2) is 48.6 Å². The maximum Gasteiger partial charge on any atom is 0.328 e. The SMILES string of the molecule is COc1ccc(C=CC(=O)O)cc1CN1CCNC(=O)C1. The predicted molar refractivity (Wildman–Crippen MR) is 78.0 cm³/mol. The summed E-state index contributed by atoms with van der Waals surface area (Å²) in [5.74, 6) is -0.240. The normalized spacial score (nSPS) is 16.0. The van der Waals surface area contributed by atoms with Gasteiger partial charge in [0.25, 0.3) is 0 Å². The molecule has 1 fully saturated rings. The van der Waals surface area contributed by atoms with Crippen LogP contribution >= 0.6 is 0 Å². The number of amides is 1. The Bertz CT molecular complexity index is 569. The second kappa shape index (κ2) is 6.90. The molecule has 0 spiro atoms. The minimum atomic E-state index is -0.986. The summed E-state index contributed by atoms with van der Waals surface area (Å²) in [5, 5.41) is 11.5. The predicted octanol–water partition coefficient (Wildman–Crippen LogP) is 0.725. The molecule has 1 aliphatic heterocycles. The van der Waals surface area contributed by atoms with Gasteiger partial charge in [0.1, 0.15) is 5.75 Å². The number of carbonyl (C=O) groups is 2. The van der Waals surface area contributed by atoms with Crippen LogP contribution in [0.5, 0.6) is 5.75 Å². The van der Waals surface area contributed by atoms with E-state index in [-0.39, 0.29) is 5.91 Å². The molecule has 6 nitrogen and oxygen atoms in total. The molecule has 1 saturated heterocycles. The van der Waals surface area contributed by atoms with E-state index in [1.54, 1.807) is 19.2 Å². The van der Waals surface area contributed by atoms with Gasteiger partial charge in [-0.2, -0.15) is 0 Å². The fraction of sp³-hybridized carbons (Fsp3) is 0.333. The Hall–Kier alpha value is -2.34. The topological polar surface area (TPSA) is 78.9 Å². The van der Waals surface area contributed by atoms with Crippen LogP contribution in [0.2, 0.25) is 0 Å². The van der Waals surface area contributed by atoms with Crippen molar-refractivity contribution < 1.29 is 19.4 Å². The smallest absolute Gasteiger partial charge is 0.328 e. The summed E-state index contributed by atoms with van der Waals surface area (Å²) >= 11 is 0. The van der Waals surface area contributed by atoms with E-state index in [9.17, 15) is 9.59 Å². The lowest BCUT2D eigenvalue weighted by Gasteiger charge is -2.27. The number of piperazine rings is 1.